The van der Waals surface area contributed by atoms with Gasteiger partial charge < -0.3 is 4.90 Å². The molecule has 6 heteroatoms. The molecule has 0 N–H and O–H groups in total. The molecule has 0 saturated heterocycles. The zero-order chi connectivity index (χ0) is 17.2. The summed E-state index contributed by atoms with van der Waals surface area (Å²) in [6.07, 6.45) is 6.80. The summed E-state index contributed by atoms with van der Waals surface area (Å²) in [5.41, 5.74) is 5.09. The van der Waals surface area contributed by atoms with Crippen LogP contribution in [0.3, 0.4) is 0 Å². The number of carbonyl (C=O) groups is 1. The van der Waals surface area contributed by atoms with E-state index in [-0.39, 0.29) is 5.91 Å². The Morgan fingerprint density at radius 1 is 1.32 bits per heavy atom. The minimum absolute atomic E-state index is 0.217. The number of thiazole rings is 1. The van der Waals surface area contributed by atoms with Crippen LogP contribution in [0.5, 0.6) is 0 Å². The second kappa shape index (κ2) is 7.80. The smallest absolute Gasteiger partial charge is 0.237 e. The zero-order valence-corrected chi connectivity index (χ0v) is 17.6. The fourth-order valence-electron chi connectivity index (χ4n) is 3.51. The van der Waals surface area contributed by atoms with Crippen molar-refractivity contribution in [1.82, 2.24) is 9.88 Å². The Balaban J connectivity index is 1.49. The maximum Gasteiger partial charge on any atom is 0.237 e. The Morgan fingerprint density at radius 3 is 3.04 bits per heavy atom. The Bertz CT molecular complexity index is 838. The first kappa shape index (κ1) is 17.5. The highest BCUT2D eigenvalue weighted by atomic mass is 127. The largest absolute Gasteiger partial charge is 0.311 e. The molecule has 2 heterocycles. The molecule has 1 aromatic heterocycles. The lowest BCUT2D eigenvalue weighted by atomic mass is 9.89. The van der Waals surface area contributed by atoms with Crippen LogP contribution in [0.4, 0.5) is 0 Å². The number of fused-ring (bicyclic) bond motifs is 1. The van der Waals surface area contributed by atoms with E-state index in [2.05, 4.69) is 39.7 Å². The number of rotatable bonds is 4. The lowest BCUT2D eigenvalue weighted by Crippen LogP contribution is -2.37. The van der Waals surface area contributed by atoms with E-state index < -0.39 is 0 Å². The van der Waals surface area contributed by atoms with Crippen LogP contribution in [-0.4, -0.2) is 32.5 Å². The number of benzene rings is 1. The number of allylic oxidation sites excluding steroid dienone is 3. The predicted octanol–water partition coefficient (Wildman–Crippen LogP) is 5.42. The average molecular weight is 482 g/mol. The van der Waals surface area contributed by atoms with Gasteiger partial charge in [0, 0.05) is 16.7 Å². The standard InChI is InChI=1S/C19H19IN2OS2/c20-11-14-6-3-5-13-7-4-10-22(18(13)14)17(23)12-24-19-21-15-8-1-2-9-16(15)25-19/h1-2,6,8-9H,3-5,7,10-12H2. The minimum Gasteiger partial charge on any atom is -0.311 e. The number of aromatic nitrogens is 1. The summed E-state index contributed by atoms with van der Waals surface area (Å²) in [5, 5.41) is 0. The van der Waals surface area contributed by atoms with Crippen molar-refractivity contribution in [1.29, 1.82) is 0 Å². The number of para-hydroxylation sites is 1. The Hall–Kier alpha value is -0.860. The van der Waals surface area contributed by atoms with Crippen molar-refractivity contribution in [3.63, 3.8) is 0 Å². The maximum atomic E-state index is 12.9. The van der Waals surface area contributed by atoms with Gasteiger partial charge in [0.2, 0.25) is 5.91 Å². The van der Waals surface area contributed by atoms with Crippen LogP contribution in [-0.2, 0) is 4.79 Å². The lowest BCUT2D eigenvalue weighted by Gasteiger charge is -2.35. The van der Waals surface area contributed by atoms with Gasteiger partial charge in [0.15, 0.2) is 4.34 Å². The van der Waals surface area contributed by atoms with Gasteiger partial charge in [-0.1, -0.05) is 52.6 Å². The summed E-state index contributed by atoms with van der Waals surface area (Å²) in [4.78, 5) is 19.6. The molecule has 0 bridgehead atoms. The summed E-state index contributed by atoms with van der Waals surface area (Å²) in [5.74, 6) is 0.680. The monoisotopic (exact) mass is 482 g/mol. The van der Waals surface area contributed by atoms with E-state index in [4.69, 9.17) is 0 Å². The minimum atomic E-state index is 0.217. The van der Waals surface area contributed by atoms with Gasteiger partial charge in [0.25, 0.3) is 0 Å². The van der Waals surface area contributed by atoms with E-state index in [1.54, 1.807) is 23.1 Å². The topological polar surface area (TPSA) is 33.2 Å². The summed E-state index contributed by atoms with van der Waals surface area (Å²) >= 11 is 5.65. The molecule has 0 radical (unpaired) electrons. The molecule has 0 spiro atoms. The van der Waals surface area contributed by atoms with Gasteiger partial charge in [-0.3, -0.25) is 4.79 Å². The highest BCUT2D eigenvalue weighted by Gasteiger charge is 2.28. The second-order valence-electron chi connectivity index (χ2n) is 6.24. The highest BCUT2D eigenvalue weighted by Crippen LogP contribution is 2.36. The Kier molecular flexibility index (Phi) is 5.47. The van der Waals surface area contributed by atoms with Crippen molar-refractivity contribution in [2.45, 2.75) is 30.0 Å². The molecule has 25 heavy (non-hydrogen) atoms. The van der Waals surface area contributed by atoms with E-state index in [9.17, 15) is 4.79 Å². The van der Waals surface area contributed by atoms with Crippen molar-refractivity contribution in [3.05, 3.63) is 47.2 Å². The van der Waals surface area contributed by atoms with Crippen LogP contribution < -0.4 is 0 Å². The summed E-state index contributed by atoms with van der Waals surface area (Å²) in [6.45, 7) is 0.853. The third-order valence-corrected chi connectivity index (χ3v) is 7.63. The van der Waals surface area contributed by atoms with Gasteiger partial charge in [-0.2, -0.15) is 0 Å². The third-order valence-electron chi connectivity index (χ3n) is 4.64. The molecule has 0 unspecified atom stereocenters. The quantitative estimate of drug-likeness (QED) is 0.332. The molecular formula is C19H19IN2OS2. The Morgan fingerprint density at radius 2 is 2.20 bits per heavy atom. The van der Waals surface area contributed by atoms with Crippen molar-refractivity contribution in [3.8, 4) is 0 Å². The summed E-state index contributed by atoms with van der Waals surface area (Å²) < 4.78 is 3.14. The fourth-order valence-corrected chi connectivity index (χ4v) is 6.13. The molecule has 1 aliphatic heterocycles. The number of halogens is 1. The molecular weight excluding hydrogens is 463 g/mol. The number of hydrogen-bond acceptors (Lipinski definition) is 4. The van der Waals surface area contributed by atoms with Crippen LogP contribution in [0, 0.1) is 0 Å². The van der Waals surface area contributed by atoms with Crippen molar-refractivity contribution < 1.29 is 4.79 Å². The third kappa shape index (κ3) is 3.66. The van der Waals surface area contributed by atoms with Gasteiger partial charge in [0.1, 0.15) is 0 Å². The van der Waals surface area contributed by atoms with Crippen molar-refractivity contribution in [2.24, 2.45) is 0 Å². The van der Waals surface area contributed by atoms with Gasteiger partial charge in [-0.05, 0) is 49.0 Å². The SMILES string of the molecule is O=C(CSc1nc2ccccc2s1)N1CCCC2=C1C(CI)=CCC2. The van der Waals surface area contributed by atoms with E-state index in [0.717, 1.165) is 46.5 Å². The first-order chi connectivity index (χ1) is 12.3. The maximum absolute atomic E-state index is 12.9. The van der Waals surface area contributed by atoms with Crippen LogP contribution in [0.15, 0.2) is 51.5 Å². The molecule has 1 aliphatic carbocycles. The second-order valence-corrected chi connectivity index (χ2v) is 9.25. The van der Waals surface area contributed by atoms with Crippen LogP contribution in [0.1, 0.15) is 25.7 Å². The number of thioether (sulfide) groups is 1. The number of nitrogens with zero attached hydrogens (tertiary/aromatic N) is 2. The van der Waals surface area contributed by atoms with E-state index >= 15 is 0 Å². The average Bonchev–Trinajstić information content (AvgIpc) is 3.08. The lowest BCUT2D eigenvalue weighted by molar-refractivity contribution is -0.126. The molecule has 2 aliphatic rings. The van der Waals surface area contributed by atoms with Crippen LogP contribution in [0.25, 0.3) is 10.2 Å². The molecule has 3 nitrogen and oxygen atoms in total. The molecule has 4 rings (SSSR count). The van der Waals surface area contributed by atoms with Gasteiger partial charge in [-0.15, -0.1) is 11.3 Å². The summed E-state index contributed by atoms with van der Waals surface area (Å²) in [7, 11) is 0. The van der Waals surface area contributed by atoms with E-state index in [1.807, 2.05) is 23.1 Å². The van der Waals surface area contributed by atoms with E-state index in [1.165, 1.54) is 21.5 Å². The summed E-state index contributed by atoms with van der Waals surface area (Å²) in [6, 6.07) is 8.15. The Labute approximate surface area is 169 Å². The van der Waals surface area contributed by atoms with Crippen LogP contribution >= 0.6 is 45.7 Å². The first-order valence-corrected chi connectivity index (χ1v) is 11.8. The van der Waals surface area contributed by atoms with E-state index in [0.29, 0.717) is 5.75 Å². The number of amides is 1. The van der Waals surface area contributed by atoms with Crippen molar-refractivity contribution in [2.75, 3.05) is 16.7 Å². The molecule has 1 aromatic carbocycles. The molecule has 2 aromatic rings. The first-order valence-electron chi connectivity index (χ1n) is 8.52. The zero-order valence-electron chi connectivity index (χ0n) is 13.8. The number of hydrogen-bond donors (Lipinski definition) is 0. The molecule has 0 atom stereocenters. The van der Waals surface area contributed by atoms with Crippen LogP contribution in [0.2, 0.25) is 0 Å². The number of alkyl halides is 1. The predicted molar refractivity (Wildman–Crippen MR) is 115 cm³/mol. The van der Waals surface area contributed by atoms with Gasteiger partial charge in [0.05, 0.1) is 16.0 Å². The fraction of sp³-hybridized carbons (Fsp3) is 0.368. The molecule has 130 valence electrons. The highest BCUT2D eigenvalue weighted by molar-refractivity contribution is 14.1. The molecule has 0 fully saturated rings. The van der Waals surface area contributed by atoms with Crippen molar-refractivity contribution >= 4 is 61.8 Å². The molecule has 1 amide bonds. The van der Waals surface area contributed by atoms with Gasteiger partial charge >= 0.3 is 0 Å². The normalized spacial score (nSPS) is 17.6. The van der Waals surface area contributed by atoms with Gasteiger partial charge in [-0.25, -0.2) is 4.98 Å². The molecule has 0 saturated carbocycles. The number of carbonyl (C=O) groups excluding carboxylic acids is 1.